The monoisotopic (exact) mass is 318 g/mol. The second-order valence-electron chi connectivity index (χ2n) is 5.66. The van der Waals surface area contributed by atoms with Crippen LogP contribution in [0.25, 0.3) is 0 Å². The molecule has 1 aliphatic rings. The van der Waals surface area contributed by atoms with E-state index in [4.69, 9.17) is 0 Å². The molecule has 1 heterocycles. The zero-order chi connectivity index (χ0) is 16.6. The Balaban J connectivity index is 1.91. The Bertz CT molecular complexity index is 758. The van der Waals surface area contributed by atoms with Gasteiger partial charge in [-0.05, 0) is 42.8 Å². The van der Waals surface area contributed by atoms with Crippen LogP contribution < -0.4 is 5.32 Å². The smallest absolute Gasteiger partial charge is 0.256 e. The van der Waals surface area contributed by atoms with E-state index in [9.17, 15) is 18.7 Å². The van der Waals surface area contributed by atoms with Crippen LogP contribution in [0.5, 0.6) is 0 Å². The number of hydrogen-bond donors (Lipinski definition) is 2. The van der Waals surface area contributed by atoms with Crippen LogP contribution in [0, 0.1) is 18.6 Å². The van der Waals surface area contributed by atoms with Gasteiger partial charge in [0.15, 0.2) is 0 Å². The number of carbonyl (C=O) groups excluding carboxylic acids is 1. The highest BCUT2D eigenvalue weighted by atomic mass is 19.1. The molecule has 1 amide bonds. The van der Waals surface area contributed by atoms with Crippen molar-refractivity contribution in [1.29, 1.82) is 0 Å². The number of nitrogens with zero attached hydrogens (tertiary/aromatic N) is 1. The van der Waals surface area contributed by atoms with Gasteiger partial charge in [-0.15, -0.1) is 0 Å². The van der Waals surface area contributed by atoms with E-state index < -0.39 is 17.7 Å². The summed E-state index contributed by atoms with van der Waals surface area (Å²) < 4.78 is 27.5. The van der Waals surface area contributed by atoms with Crippen LogP contribution in [0.4, 0.5) is 20.2 Å². The van der Waals surface area contributed by atoms with Gasteiger partial charge in [-0.1, -0.05) is 6.07 Å². The van der Waals surface area contributed by atoms with E-state index in [2.05, 4.69) is 5.32 Å². The zero-order valence-corrected chi connectivity index (χ0v) is 12.5. The summed E-state index contributed by atoms with van der Waals surface area (Å²) in [6, 6.07) is 8.31. The lowest BCUT2D eigenvalue weighted by Gasteiger charge is -2.36. The van der Waals surface area contributed by atoms with Gasteiger partial charge in [-0.2, -0.15) is 0 Å². The standard InChI is InChI=1S/C17H16F2N2O2/c1-10-2-5-15(14(19)6-10)20-16-7-11(18)3-4-13(16)17(23)21-8-12(22)9-21/h2-7,12,20,22H,8-9H2,1H3. The number of carbonyl (C=O) groups is 1. The summed E-state index contributed by atoms with van der Waals surface area (Å²) in [7, 11) is 0. The molecule has 2 N–H and O–H groups in total. The van der Waals surface area contributed by atoms with Crippen molar-refractivity contribution in [2.24, 2.45) is 0 Å². The van der Waals surface area contributed by atoms with Crippen molar-refractivity contribution in [3.8, 4) is 0 Å². The number of nitrogens with one attached hydrogen (secondary N) is 1. The van der Waals surface area contributed by atoms with E-state index in [1.807, 2.05) is 0 Å². The number of halogens is 2. The van der Waals surface area contributed by atoms with Gasteiger partial charge < -0.3 is 15.3 Å². The van der Waals surface area contributed by atoms with Crippen LogP contribution in [-0.2, 0) is 0 Å². The fourth-order valence-corrected chi connectivity index (χ4v) is 2.46. The molecule has 2 aromatic rings. The van der Waals surface area contributed by atoms with Gasteiger partial charge in [0.2, 0.25) is 0 Å². The average molecular weight is 318 g/mol. The van der Waals surface area contributed by atoms with Crippen LogP contribution in [-0.4, -0.2) is 35.1 Å². The molecule has 0 aromatic heterocycles. The maximum Gasteiger partial charge on any atom is 0.256 e. The largest absolute Gasteiger partial charge is 0.389 e. The predicted molar refractivity (Wildman–Crippen MR) is 82.7 cm³/mol. The Morgan fingerprint density at radius 3 is 2.57 bits per heavy atom. The highest BCUT2D eigenvalue weighted by Gasteiger charge is 2.30. The van der Waals surface area contributed by atoms with Gasteiger partial charge in [0.25, 0.3) is 5.91 Å². The molecule has 1 aliphatic heterocycles. The molecular formula is C17H16F2N2O2. The van der Waals surface area contributed by atoms with Crippen LogP contribution in [0.3, 0.4) is 0 Å². The van der Waals surface area contributed by atoms with Crippen LogP contribution in [0.15, 0.2) is 36.4 Å². The van der Waals surface area contributed by atoms with Gasteiger partial charge in [0, 0.05) is 13.1 Å². The van der Waals surface area contributed by atoms with Gasteiger partial charge in [-0.25, -0.2) is 8.78 Å². The number of hydrogen-bond acceptors (Lipinski definition) is 3. The fourth-order valence-electron chi connectivity index (χ4n) is 2.46. The minimum Gasteiger partial charge on any atom is -0.389 e. The molecule has 0 aliphatic carbocycles. The van der Waals surface area contributed by atoms with Crippen molar-refractivity contribution in [1.82, 2.24) is 4.90 Å². The third-order valence-corrected chi connectivity index (χ3v) is 3.76. The van der Waals surface area contributed by atoms with E-state index in [-0.39, 0.29) is 35.9 Å². The summed E-state index contributed by atoms with van der Waals surface area (Å²) >= 11 is 0. The Hall–Kier alpha value is -2.47. The number of aliphatic hydroxyl groups is 1. The Morgan fingerprint density at radius 1 is 1.17 bits per heavy atom. The van der Waals surface area contributed by atoms with E-state index in [1.165, 1.54) is 29.2 Å². The molecule has 0 unspecified atom stereocenters. The highest BCUT2D eigenvalue weighted by Crippen LogP contribution is 2.27. The number of β-amino-alcohol motifs (C(OH)–C–C–N with tert-alkyl or cyclic N) is 1. The van der Waals surface area contributed by atoms with Crippen molar-refractivity contribution >= 4 is 17.3 Å². The van der Waals surface area contributed by atoms with Crippen LogP contribution in [0.1, 0.15) is 15.9 Å². The molecule has 0 atom stereocenters. The summed E-state index contributed by atoms with van der Waals surface area (Å²) in [4.78, 5) is 13.8. The number of benzene rings is 2. The molecule has 0 saturated carbocycles. The molecule has 3 rings (SSSR count). The molecule has 0 bridgehead atoms. The molecule has 23 heavy (non-hydrogen) atoms. The summed E-state index contributed by atoms with van der Waals surface area (Å²) in [6.07, 6.45) is -0.523. The first-order valence-electron chi connectivity index (χ1n) is 7.24. The van der Waals surface area contributed by atoms with Gasteiger partial charge in [0.1, 0.15) is 11.6 Å². The molecular weight excluding hydrogens is 302 g/mol. The van der Waals surface area contributed by atoms with E-state index in [0.717, 1.165) is 11.6 Å². The van der Waals surface area contributed by atoms with Gasteiger partial charge in [-0.3, -0.25) is 4.79 Å². The average Bonchev–Trinajstić information content (AvgIpc) is 2.46. The zero-order valence-electron chi connectivity index (χ0n) is 12.5. The number of amides is 1. The van der Waals surface area contributed by atoms with Crippen LogP contribution in [0.2, 0.25) is 0 Å². The predicted octanol–water partition coefficient (Wildman–Crippen LogP) is 2.83. The topological polar surface area (TPSA) is 52.6 Å². The maximum absolute atomic E-state index is 14.0. The Labute approximate surface area is 132 Å². The highest BCUT2D eigenvalue weighted by molar-refractivity contribution is 6.00. The van der Waals surface area contributed by atoms with Crippen molar-refractivity contribution < 1.29 is 18.7 Å². The second kappa shape index (κ2) is 5.96. The minimum atomic E-state index is -0.528. The molecule has 2 aromatic carbocycles. The minimum absolute atomic E-state index is 0.166. The number of aryl methyl sites for hydroxylation is 1. The SMILES string of the molecule is Cc1ccc(Nc2cc(F)ccc2C(=O)N2CC(O)C2)c(F)c1. The number of likely N-dealkylation sites (tertiary alicyclic amines) is 1. The Morgan fingerprint density at radius 2 is 1.91 bits per heavy atom. The summed E-state index contributed by atoms with van der Waals surface area (Å²) in [5.41, 5.74) is 1.36. The van der Waals surface area contributed by atoms with E-state index in [1.54, 1.807) is 13.0 Å². The summed E-state index contributed by atoms with van der Waals surface area (Å²) in [5, 5.41) is 12.1. The summed E-state index contributed by atoms with van der Waals surface area (Å²) in [6.45, 7) is 2.25. The molecule has 1 saturated heterocycles. The molecule has 120 valence electrons. The molecule has 0 radical (unpaired) electrons. The lowest BCUT2D eigenvalue weighted by molar-refractivity contribution is 0.00596. The Kier molecular flexibility index (Phi) is 4.00. The third kappa shape index (κ3) is 3.17. The quantitative estimate of drug-likeness (QED) is 0.915. The van der Waals surface area contributed by atoms with Gasteiger partial charge >= 0.3 is 0 Å². The molecule has 1 fully saturated rings. The first kappa shape index (κ1) is 15.4. The molecule has 6 heteroatoms. The molecule has 4 nitrogen and oxygen atoms in total. The lowest BCUT2D eigenvalue weighted by Crippen LogP contribution is -2.53. The summed E-state index contributed by atoms with van der Waals surface area (Å²) in [5.74, 6) is -1.34. The van der Waals surface area contributed by atoms with E-state index in [0.29, 0.717) is 0 Å². The number of rotatable bonds is 3. The number of anilines is 2. The third-order valence-electron chi connectivity index (χ3n) is 3.76. The van der Waals surface area contributed by atoms with Crippen molar-refractivity contribution in [3.05, 3.63) is 59.2 Å². The van der Waals surface area contributed by atoms with Crippen molar-refractivity contribution in [3.63, 3.8) is 0 Å². The van der Waals surface area contributed by atoms with Gasteiger partial charge in [0.05, 0.1) is 23.0 Å². The fraction of sp³-hybridized carbons (Fsp3) is 0.235. The second-order valence-corrected chi connectivity index (χ2v) is 5.66. The first-order valence-corrected chi connectivity index (χ1v) is 7.24. The van der Waals surface area contributed by atoms with Crippen LogP contribution >= 0.6 is 0 Å². The lowest BCUT2D eigenvalue weighted by atomic mass is 10.1. The first-order chi connectivity index (χ1) is 10.9. The van der Waals surface area contributed by atoms with Crippen molar-refractivity contribution in [2.75, 3.05) is 18.4 Å². The van der Waals surface area contributed by atoms with E-state index >= 15 is 0 Å². The molecule has 0 spiro atoms. The number of aliphatic hydroxyl groups excluding tert-OH is 1. The maximum atomic E-state index is 14.0. The van der Waals surface area contributed by atoms with Crippen molar-refractivity contribution in [2.45, 2.75) is 13.0 Å². The normalized spacial score (nSPS) is 14.5.